The van der Waals surface area contributed by atoms with Gasteiger partial charge in [0.25, 0.3) is 5.91 Å². The van der Waals surface area contributed by atoms with E-state index in [9.17, 15) is 19.5 Å². The summed E-state index contributed by atoms with van der Waals surface area (Å²) >= 11 is 1.40. The van der Waals surface area contributed by atoms with Crippen LogP contribution in [0.1, 0.15) is 92.8 Å². The van der Waals surface area contributed by atoms with Gasteiger partial charge in [-0.3, -0.25) is 9.59 Å². The minimum atomic E-state index is -1.03. The molecule has 264 valence electrons. The minimum absolute atomic E-state index is 0.109. The fourth-order valence-electron chi connectivity index (χ4n) is 6.07. The molecule has 0 saturated carbocycles. The SMILES string of the molecule is CCCCCCCOc1ccc(-c2cnc(-c3ccc(C[C@H](NC(=O)c4ccc(C(C)(C)C)s4)C(=O)N4CCCC4C(=O)O)cc3)nc2)cc1. The summed E-state index contributed by atoms with van der Waals surface area (Å²) < 4.78 is 5.90. The predicted molar refractivity (Wildman–Crippen MR) is 198 cm³/mol. The van der Waals surface area contributed by atoms with Crippen molar-refractivity contribution in [1.82, 2.24) is 20.2 Å². The summed E-state index contributed by atoms with van der Waals surface area (Å²) in [5.41, 5.74) is 3.42. The number of hydrogen-bond donors (Lipinski definition) is 2. The highest BCUT2D eigenvalue weighted by Crippen LogP contribution is 2.30. The molecule has 1 aliphatic rings. The second kappa shape index (κ2) is 16.9. The van der Waals surface area contributed by atoms with Gasteiger partial charge in [-0.2, -0.15) is 0 Å². The molecule has 9 nitrogen and oxygen atoms in total. The summed E-state index contributed by atoms with van der Waals surface area (Å²) in [6.07, 6.45) is 10.8. The summed E-state index contributed by atoms with van der Waals surface area (Å²) in [7, 11) is 0. The number of aliphatic carboxylic acids is 1. The van der Waals surface area contributed by atoms with E-state index in [2.05, 4.69) is 43.0 Å². The van der Waals surface area contributed by atoms with E-state index in [1.807, 2.05) is 54.6 Å². The van der Waals surface area contributed by atoms with Gasteiger partial charge in [0.15, 0.2) is 5.82 Å². The molecule has 0 spiro atoms. The van der Waals surface area contributed by atoms with Crippen molar-refractivity contribution < 1.29 is 24.2 Å². The highest BCUT2D eigenvalue weighted by molar-refractivity contribution is 7.14. The maximum absolute atomic E-state index is 13.8. The van der Waals surface area contributed by atoms with E-state index in [4.69, 9.17) is 4.74 Å². The van der Waals surface area contributed by atoms with E-state index in [1.54, 1.807) is 18.5 Å². The van der Waals surface area contributed by atoms with Gasteiger partial charge in [0, 0.05) is 41.4 Å². The first-order valence-electron chi connectivity index (χ1n) is 17.6. The molecule has 10 heteroatoms. The Labute approximate surface area is 299 Å². The Kier molecular flexibility index (Phi) is 12.4. The van der Waals surface area contributed by atoms with Gasteiger partial charge in [0.1, 0.15) is 17.8 Å². The molecule has 2 atom stereocenters. The molecular formula is C40H48N4O5S. The number of nitrogens with zero attached hydrogens (tertiary/aromatic N) is 3. The van der Waals surface area contributed by atoms with Crippen LogP contribution in [0, 0.1) is 0 Å². The van der Waals surface area contributed by atoms with E-state index < -0.39 is 18.1 Å². The molecule has 0 radical (unpaired) electrons. The van der Waals surface area contributed by atoms with Crippen molar-refractivity contribution >= 4 is 29.1 Å². The molecule has 50 heavy (non-hydrogen) atoms. The van der Waals surface area contributed by atoms with Crippen molar-refractivity contribution in [2.24, 2.45) is 0 Å². The number of benzene rings is 2. The fraction of sp³-hybridized carbons (Fsp3) is 0.425. The quantitative estimate of drug-likeness (QED) is 0.121. The molecule has 1 saturated heterocycles. The number of unbranched alkanes of at least 4 members (excludes halogenated alkanes) is 4. The standard InChI is InChI=1S/C40H48N4O5S/c1-5-6-7-8-9-23-49-31-18-16-28(17-19-31)30-25-41-36(42-26-30)29-14-12-27(13-15-29)24-32(38(46)44-22-10-11-33(44)39(47)48)43-37(45)34-20-21-35(50-34)40(2,3)4/h12-21,25-26,32-33H,5-11,22-24H2,1-4H3,(H,43,45)(H,47,48)/t32-,33?/m0/s1. The molecule has 2 amide bonds. The van der Waals surface area contributed by atoms with Gasteiger partial charge in [-0.1, -0.05) is 89.8 Å². The van der Waals surface area contributed by atoms with Crippen molar-refractivity contribution in [2.75, 3.05) is 13.2 Å². The number of amides is 2. The number of nitrogens with one attached hydrogen (secondary N) is 1. The molecular weight excluding hydrogens is 649 g/mol. The normalized spacial score (nSPS) is 15.1. The Balaban J connectivity index is 1.24. The zero-order chi connectivity index (χ0) is 35.7. The van der Waals surface area contributed by atoms with Crippen LogP contribution in [0.25, 0.3) is 22.5 Å². The lowest BCUT2D eigenvalue weighted by atomic mass is 9.95. The third-order valence-corrected chi connectivity index (χ3v) is 10.5. The molecule has 1 fully saturated rings. The maximum Gasteiger partial charge on any atom is 0.326 e. The van der Waals surface area contributed by atoms with E-state index >= 15 is 0 Å². The Bertz CT molecular complexity index is 1730. The number of ether oxygens (including phenoxy) is 1. The van der Waals surface area contributed by atoms with Crippen LogP contribution in [0.15, 0.2) is 73.1 Å². The first-order chi connectivity index (χ1) is 24.0. The second-order valence-corrected chi connectivity index (χ2v) is 15.0. The van der Waals surface area contributed by atoms with Gasteiger partial charge in [-0.15, -0.1) is 11.3 Å². The van der Waals surface area contributed by atoms with Crippen molar-refractivity contribution in [3.8, 4) is 28.3 Å². The van der Waals surface area contributed by atoms with Crippen molar-refractivity contribution in [3.05, 3.63) is 88.4 Å². The Morgan fingerprint density at radius 3 is 2.24 bits per heavy atom. The average Bonchev–Trinajstić information content (AvgIpc) is 3.82. The largest absolute Gasteiger partial charge is 0.494 e. The number of carbonyl (C=O) groups is 3. The van der Waals surface area contributed by atoms with Crippen LogP contribution in [0.2, 0.25) is 0 Å². The zero-order valence-corrected chi connectivity index (χ0v) is 30.3. The van der Waals surface area contributed by atoms with Crippen molar-refractivity contribution in [2.45, 2.75) is 96.6 Å². The Morgan fingerprint density at radius 1 is 0.920 bits per heavy atom. The highest BCUT2D eigenvalue weighted by Gasteiger charge is 2.38. The number of carboxylic acid groups (broad SMARTS) is 1. The predicted octanol–water partition coefficient (Wildman–Crippen LogP) is 7.94. The number of aromatic nitrogens is 2. The number of thiophene rings is 1. The molecule has 2 N–H and O–H groups in total. The topological polar surface area (TPSA) is 122 Å². The Hall–Kier alpha value is -4.57. The van der Waals surface area contributed by atoms with E-state index in [1.165, 1.54) is 41.9 Å². The summed E-state index contributed by atoms with van der Waals surface area (Å²) in [6, 6.07) is 17.4. The van der Waals surface area contributed by atoms with Crippen LogP contribution >= 0.6 is 11.3 Å². The van der Waals surface area contributed by atoms with Crippen LogP contribution in [0.5, 0.6) is 5.75 Å². The number of rotatable bonds is 15. The summed E-state index contributed by atoms with van der Waals surface area (Å²) in [5.74, 6) is -0.341. The van der Waals surface area contributed by atoms with Crippen molar-refractivity contribution in [1.29, 1.82) is 0 Å². The fourth-order valence-corrected chi connectivity index (χ4v) is 7.04. The molecule has 1 aliphatic heterocycles. The third-order valence-electron chi connectivity index (χ3n) is 9.00. The summed E-state index contributed by atoms with van der Waals surface area (Å²) in [4.78, 5) is 51.2. The van der Waals surface area contributed by atoms with Crippen LogP contribution in [-0.4, -0.2) is 63.0 Å². The van der Waals surface area contributed by atoms with Crippen LogP contribution < -0.4 is 10.1 Å². The molecule has 3 heterocycles. The third kappa shape index (κ3) is 9.56. The zero-order valence-electron chi connectivity index (χ0n) is 29.5. The molecule has 0 bridgehead atoms. The van der Waals surface area contributed by atoms with Gasteiger partial charge in [0.2, 0.25) is 5.91 Å². The monoisotopic (exact) mass is 696 g/mol. The van der Waals surface area contributed by atoms with Gasteiger partial charge in [0.05, 0.1) is 11.5 Å². The van der Waals surface area contributed by atoms with Crippen LogP contribution in [0.4, 0.5) is 0 Å². The van der Waals surface area contributed by atoms with E-state index in [0.717, 1.165) is 45.9 Å². The molecule has 4 aromatic rings. The second-order valence-electron chi connectivity index (χ2n) is 14.0. The summed E-state index contributed by atoms with van der Waals surface area (Å²) in [5, 5.41) is 12.7. The number of hydrogen-bond acceptors (Lipinski definition) is 7. The van der Waals surface area contributed by atoms with Crippen molar-refractivity contribution in [3.63, 3.8) is 0 Å². The molecule has 5 rings (SSSR count). The number of carboxylic acids is 1. The number of carbonyl (C=O) groups excluding carboxylic acids is 2. The minimum Gasteiger partial charge on any atom is -0.494 e. The number of likely N-dealkylation sites (tertiary alicyclic amines) is 1. The maximum atomic E-state index is 13.8. The molecule has 1 unspecified atom stereocenters. The molecule has 2 aromatic carbocycles. The smallest absolute Gasteiger partial charge is 0.326 e. The van der Waals surface area contributed by atoms with E-state index in [-0.39, 0.29) is 23.7 Å². The van der Waals surface area contributed by atoms with E-state index in [0.29, 0.717) is 30.1 Å². The van der Waals surface area contributed by atoms with Gasteiger partial charge in [-0.05, 0) is 60.1 Å². The lowest BCUT2D eigenvalue weighted by Gasteiger charge is -2.27. The van der Waals surface area contributed by atoms with Gasteiger partial charge >= 0.3 is 5.97 Å². The average molecular weight is 697 g/mol. The first kappa shape index (κ1) is 36.7. The molecule has 0 aliphatic carbocycles. The lowest BCUT2D eigenvalue weighted by molar-refractivity contribution is -0.148. The lowest BCUT2D eigenvalue weighted by Crippen LogP contribution is -2.52. The first-order valence-corrected chi connectivity index (χ1v) is 18.4. The molecule has 2 aromatic heterocycles. The van der Waals surface area contributed by atoms with Gasteiger partial charge in [-0.25, -0.2) is 14.8 Å². The summed E-state index contributed by atoms with van der Waals surface area (Å²) in [6.45, 7) is 9.54. The highest BCUT2D eigenvalue weighted by atomic mass is 32.1. The van der Waals surface area contributed by atoms with Crippen LogP contribution in [0.3, 0.4) is 0 Å². The van der Waals surface area contributed by atoms with Crippen LogP contribution in [-0.2, 0) is 21.4 Å². The Morgan fingerprint density at radius 2 is 1.60 bits per heavy atom. The van der Waals surface area contributed by atoms with Gasteiger partial charge < -0.3 is 20.1 Å².